The predicted octanol–water partition coefficient (Wildman–Crippen LogP) is 7.01. The van der Waals surface area contributed by atoms with Gasteiger partial charge in [0.15, 0.2) is 0 Å². The van der Waals surface area contributed by atoms with Gasteiger partial charge < -0.3 is 15.2 Å². The van der Waals surface area contributed by atoms with Crippen molar-refractivity contribution in [3.8, 4) is 16.8 Å². The maximum atomic E-state index is 13.7. The number of rotatable bonds is 6. The van der Waals surface area contributed by atoms with E-state index in [1.807, 2.05) is 18.4 Å². The number of hydrogen-bond acceptors (Lipinski definition) is 6. The second-order valence-corrected chi connectivity index (χ2v) is 10.5. The van der Waals surface area contributed by atoms with E-state index in [1.54, 1.807) is 25.3 Å². The molecule has 2 aromatic carbocycles. The summed E-state index contributed by atoms with van der Waals surface area (Å²) in [5.74, 6) is 0.285. The molecule has 1 aliphatic rings. The van der Waals surface area contributed by atoms with E-state index in [1.165, 1.54) is 34.6 Å². The third-order valence-corrected chi connectivity index (χ3v) is 7.55. The smallest absolute Gasteiger partial charge is 0.366 e. The minimum atomic E-state index is -4.59. The fourth-order valence-corrected chi connectivity index (χ4v) is 5.35. The van der Waals surface area contributed by atoms with E-state index < -0.39 is 17.6 Å². The van der Waals surface area contributed by atoms with Gasteiger partial charge >= 0.3 is 6.18 Å². The first-order valence-corrected chi connectivity index (χ1v) is 13.2. The van der Waals surface area contributed by atoms with E-state index in [9.17, 15) is 18.0 Å². The second kappa shape index (κ2) is 9.49. The molecule has 0 saturated heterocycles. The number of carbonyl (C=O) groups is 1. The number of alkyl halides is 3. The van der Waals surface area contributed by atoms with Crippen LogP contribution in [0.4, 0.5) is 24.7 Å². The van der Waals surface area contributed by atoms with Crippen LogP contribution in [0.2, 0.25) is 0 Å². The standard InChI is InChI=1S/C28H23F3N6OS/c1-15-3-4-17(7-22(15)23-12-39-25-24(23)32-13-33-26(25)35-19-5-6-19)27(38)36-20-8-18(28(29,30)31)9-21(10-20)37-11-16(2)34-14-37/h3-4,7-14,19H,5-6H2,1-2H3,(H,36,38)(H,32,33,35). The minimum absolute atomic E-state index is 0.0304. The lowest BCUT2D eigenvalue weighted by Crippen LogP contribution is -2.14. The molecule has 11 heteroatoms. The first-order valence-electron chi connectivity index (χ1n) is 12.3. The molecule has 0 radical (unpaired) electrons. The van der Waals surface area contributed by atoms with Crippen LogP contribution in [0.1, 0.15) is 40.0 Å². The molecule has 0 spiro atoms. The topological polar surface area (TPSA) is 84.7 Å². The summed E-state index contributed by atoms with van der Waals surface area (Å²) in [6.45, 7) is 3.69. The third-order valence-electron chi connectivity index (χ3n) is 6.57. The highest BCUT2D eigenvalue weighted by molar-refractivity contribution is 7.18. The van der Waals surface area contributed by atoms with Crippen molar-refractivity contribution in [2.24, 2.45) is 0 Å². The molecule has 5 aromatic rings. The summed E-state index contributed by atoms with van der Waals surface area (Å²) in [6, 6.07) is 9.11. The maximum absolute atomic E-state index is 13.7. The normalized spacial score (nSPS) is 13.6. The second-order valence-electron chi connectivity index (χ2n) is 9.64. The van der Waals surface area contributed by atoms with Crippen LogP contribution in [0.5, 0.6) is 0 Å². The Bertz CT molecular complexity index is 1720. The van der Waals surface area contributed by atoms with Gasteiger partial charge in [0.05, 0.1) is 27.8 Å². The Morgan fingerprint density at radius 1 is 1.05 bits per heavy atom. The molecule has 1 aliphatic carbocycles. The van der Waals surface area contributed by atoms with Crippen molar-refractivity contribution < 1.29 is 18.0 Å². The molecule has 1 saturated carbocycles. The van der Waals surface area contributed by atoms with Crippen molar-refractivity contribution in [3.63, 3.8) is 0 Å². The highest BCUT2D eigenvalue weighted by Crippen LogP contribution is 2.39. The number of carbonyl (C=O) groups excluding carboxylic acids is 1. The Morgan fingerprint density at radius 3 is 2.59 bits per heavy atom. The van der Waals surface area contributed by atoms with Crippen LogP contribution >= 0.6 is 11.3 Å². The molecule has 0 aliphatic heterocycles. The molecule has 0 bridgehead atoms. The molecular formula is C28H23F3N6OS. The number of amides is 1. The van der Waals surface area contributed by atoms with Crippen LogP contribution in [0.3, 0.4) is 0 Å². The zero-order valence-corrected chi connectivity index (χ0v) is 21.8. The van der Waals surface area contributed by atoms with Gasteiger partial charge in [-0.25, -0.2) is 15.0 Å². The zero-order chi connectivity index (χ0) is 27.3. The van der Waals surface area contributed by atoms with Gasteiger partial charge in [-0.05, 0) is 68.1 Å². The highest BCUT2D eigenvalue weighted by atomic mass is 32.1. The van der Waals surface area contributed by atoms with Crippen LogP contribution in [-0.4, -0.2) is 31.5 Å². The Balaban J connectivity index is 1.33. The van der Waals surface area contributed by atoms with E-state index in [0.29, 0.717) is 17.3 Å². The summed E-state index contributed by atoms with van der Waals surface area (Å²) in [4.78, 5) is 26.3. The monoisotopic (exact) mass is 548 g/mol. The minimum Gasteiger partial charge on any atom is -0.366 e. The molecule has 6 rings (SSSR count). The summed E-state index contributed by atoms with van der Waals surface area (Å²) in [7, 11) is 0. The molecule has 3 aromatic heterocycles. The molecule has 3 heterocycles. The molecule has 39 heavy (non-hydrogen) atoms. The maximum Gasteiger partial charge on any atom is 0.416 e. The van der Waals surface area contributed by atoms with Gasteiger partial charge in [0.1, 0.15) is 12.1 Å². The summed E-state index contributed by atoms with van der Waals surface area (Å²) in [6.07, 6.45) is 2.24. The van der Waals surface area contributed by atoms with Crippen molar-refractivity contribution >= 4 is 39.0 Å². The first-order chi connectivity index (χ1) is 18.7. The van der Waals surface area contributed by atoms with Crippen LogP contribution in [0.15, 0.2) is 60.6 Å². The van der Waals surface area contributed by atoms with E-state index >= 15 is 0 Å². The highest BCUT2D eigenvalue weighted by Gasteiger charge is 2.32. The molecule has 1 fully saturated rings. The molecule has 1 amide bonds. The SMILES string of the molecule is Cc1cn(-c2cc(NC(=O)c3ccc(C)c(-c4csc5c(NC6CC6)ncnc45)c3)cc(C(F)(F)F)c2)cn1. The Hall–Kier alpha value is -4.25. The van der Waals surface area contributed by atoms with Gasteiger partial charge in [-0.1, -0.05) is 6.07 Å². The van der Waals surface area contributed by atoms with Gasteiger partial charge in [-0.2, -0.15) is 13.2 Å². The number of fused-ring (bicyclic) bond motifs is 1. The number of benzene rings is 2. The van der Waals surface area contributed by atoms with Crippen molar-refractivity contribution in [2.45, 2.75) is 38.9 Å². The number of hydrogen-bond donors (Lipinski definition) is 2. The summed E-state index contributed by atoms with van der Waals surface area (Å²) in [5, 5.41) is 8.08. The van der Waals surface area contributed by atoms with Gasteiger partial charge in [0, 0.05) is 40.1 Å². The molecule has 7 nitrogen and oxygen atoms in total. The van der Waals surface area contributed by atoms with Gasteiger partial charge in [0.2, 0.25) is 0 Å². The number of imidazole rings is 1. The Morgan fingerprint density at radius 2 is 1.87 bits per heavy atom. The van der Waals surface area contributed by atoms with Crippen molar-refractivity contribution in [2.75, 3.05) is 10.6 Å². The lowest BCUT2D eigenvalue weighted by atomic mass is 9.99. The number of aryl methyl sites for hydroxylation is 2. The Labute approximate surface area is 225 Å². The van der Waals surface area contributed by atoms with E-state index in [4.69, 9.17) is 0 Å². The van der Waals surface area contributed by atoms with Crippen molar-refractivity contribution in [3.05, 3.63) is 83.0 Å². The average molecular weight is 549 g/mol. The van der Waals surface area contributed by atoms with Crippen LogP contribution in [0.25, 0.3) is 27.0 Å². The quantitative estimate of drug-likeness (QED) is 0.239. The molecule has 2 N–H and O–H groups in total. The number of thiophene rings is 1. The van der Waals surface area contributed by atoms with E-state index in [2.05, 4.69) is 25.6 Å². The van der Waals surface area contributed by atoms with E-state index in [0.717, 1.165) is 57.7 Å². The molecule has 198 valence electrons. The third kappa shape index (κ3) is 5.09. The predicted molar refractivity (Wildman–Crippen MR) is 145 cm³/mol. The number of aromatic nitrogens is 4. The number of anilines is 2. The number of halogens is 3. The van der Waals surface area contributed by atoms with Crippen LogP contribution < -0.4 is 10.6 Å². The van der Waals surface area contributed by atoms with Crippen molar-refractivity contribution in [1.82, 2.24) is 19.5 Å². The average Bonchev–Trinajstić information content (AvgIpc) is 3.43. The summed E-state index contributed by atoms with van der Waals surface area (Å²) in [5.41, 5.74) is 3.81. The lowest BCUT2D eigenvalue weighted by Gasteiger charge is -2.14. The van der Waals surface area contributed by atoms with Gasteiger partial charge in [-0.3, -0.25) is 4.79 Å². The Kier molecular flexibility index (Phi) is 6.10. The number of nitrogens with zero attached hydrogens (tertiary/aromatic N) is 4. The molecule has 0 atom stereocenters. The summed E-state index contributed by atoms with van der Waals surface area (Å²) < 4.78 is 43.4. The fraction of sp³-hybridized carbons (Fsp3) is 0.214. The van der Waals surface area contributed by atoms with Crippen LogP contribution in [-0.2, 0) is 6.18 Å². The van der Waals surface area contributed by atoms with Gasteiger partial charge in [0.25, 0.3) is 5.91 Å². The fourth-order valence-electron chi connectivity index (χ4n) is 4.38. The largest absolute Gasteiger partial charge is 0.416 e. The summed E-state index contributed by atoms with van der Waals surface area (Å²) >= 11 is 1.53. The lowest BCUT2D eigenvalue weighted by molar-refractivity contribution is -0.137. The van der Waals surface area contributed by atoms with Crippen LogP contribution in [0, 0.1) is 13.8 Å². The first kappa shape index (κ1) is 25.1. The molecular weight excluding hydrogens is 525 g/mol. The van der Waals surface area contributed by atoms with Crippen molar-refractivity contribution in [1.29, 1.82) is 0 Å². The van der Waals surface area contributed by atoms with E-state index in [-0.39, 0.29) is 11.4 Å². The molecule has 0 unspecified atom stereocenters. The van der Waals surface area contributed by atoms with Gasteiger partial charge in [-0.15, -0.1) is 11.3 Å². The zero-order valence-electron chi connectivity index (χ0n) is 21.0. The number of nitrogens with one attached hydrogen (secondary N) is 2.